The molecule has 0 spiro atoms. The number of amides is 2. The van der Waals surface area contributed by atoms with Gasteiger partial charge < -0.3 is 15.0 Å². The first kappa shape index (κ1) is 24.2. The quantitative estimate of drug-likeness (QED) is 0.540. The molecule has 2 heterocycles. The van der Waals surface area contributed by atoms with E-state index in [4.69, 9.17) is 4.74 Å². The molecule has 0 aliphatic carbocycles. The first-order valence-corrected chi connectivity index (χ1v) is 11.9. The zero-order chi connectivity index (χ0) is 24.9. The Morgan fingerprint density at radius 2 is 1.80 bits per heavy atom. The second-order valence-electron chi connectivity index (χ2n) is 8.74. The second-order valence-corrected chi connectivity index (χ2v) is 8.74. The smallest absolute Gasteiger partial charge is 0.358 e. The average Bonchev–Trinajstić information content (AvgIpc) is 3.30. The maximum Gasteiger partial charge on any atom is 0.358 e. The van der Waals surface area contributed by atoms with Gasteiger partial charge in [-0.15, -0.1) is 0 Å². The van der Waals surface area contributed by atoms with Gasteiger partial charge in [-0.2, -0.15) is 5.10 Å². The molecular weight excluding hydrogens is 444 g/mol. The Kier molecular flexibility index (Phi) is 7.29. The molecule has 0 bridgehead atoms. The highest BCUT2D eigenvalue weighted by atomic mass is 16.5. The van der Waals surface area contributed by atoms with Gasteiger partial charge in [0.25, 0.3) is 0 Å². The fourth-order valence-electron chi connectivity index (χ4n) is 4.31. The van der Waals surface area contributed by atoms with Crippen LogP contribution in [0.5, 0.6) is 0 Å². The van der Waals surface area contributed by atoms with E-state index in [1.165, 1.54) is 0 Å². The van der Waals surface area contributed by atoms with Crippen molar-refractivity contribution in [3.8, 4) is 16.9 Å². The molecule has 2 amide bonds. The van der Waals surface area contributed by atoms with Crippen LogP contribution in [0.25, 0.3) is 16.9 Å². The number of hydrogen-bond donors (Lipinski definition) is 1. The lowest BCUT2D eigenvalue weighted by atomic mass is 9.95. The van der Waals surface area contributed by atoms with E-state index in [1.54, 1.807) is 29.5 Å². The fraction of sp³-hybridized carbons (Fsp3) is 0.333. The molecule has 182 valence electrons. The van der Waals surface area contributed by atoms with Gasteiger partial charge in [0.2, 0.25) is 11.8 Å². The summed E-state index contributed by atoms with van der Waals surface area (Å²) >= 11 is 0. The average molecular weight is 475 g/mol. The number of nitrogens with zero attached hydrogens (tertiary/aromatic N) is 3. The van der Waals surface area contributed by atoms with Gasteiger partial charge in [-0.05, 0) is 62.6 Å². The molecule has 3 aromatic rings. The predicted molar refractivity (Wildman–Crippen MR) is 133 cm³/mol. The molecule has 8 nitrogen and oxygen atoms in total. The minimum atomic E-state index is -0.485. The number of aromatic nitrogens is 2. The number of esters is 1. The third-order valence-electron chi connectivity index (χ3n) is 6.18. The van der Waals surface area contributed by atoms with Gasteiger partial charge in [-0.25, -0.2) is 9.48 Å². The molecule has 1 aromatic heterocycles. The zero-order valence-electron chi connectivity index (χ0n) is 20.3. The van der Waals surface area contributed by atoms with Crippen molar-refractivity contribution in [2.24, 2.45) is 5.92 Å². The van der Waals surface area contributed by atoms with Crippen LogP contribution in [0.4, 0.5) is 5.69 Å². The normalized spacial score (nSPS) is 14.0. The number of carbonyl (C=O) groups is 3. The van der Waals surface area contributed by atoms with Crippen molar-refractivity contribution in [3.63, 3.8) is 0 Å². The van der Waals surface area contributed by atoms with E-state index in [9.17, 15) is 14.4 Å². The number of rotatable bonds is 6. The number of nitrogens with one attached hydrogen (secondary N) is 1. The number of benzene rings is 2. The molecule has 2 aromatic carbocycles. The Bertz CT molecular complexity index is 1240. The van der Waals surface area contributed by atoms with Crippen molar-refractivity contribution >= 4 is 23.5 Å². The van der Waals surface area contributed by atoms with Gasteiger partial charge >= 0.3 is 5.97 Å². The van der Waals surface area contributed by atoms with Crippen LogP contribution in [0, 0.1) is 12.8 Å². The Morgan fingerprint density at radius 3 is 2.49 bits per heavy atom. The van der Waals surface area contributed by atoms with E-state index in [0.717, 1.165) is 16.8 Å². The Labute approximate surface area is 204 Å². The molecule has 0 radical (unpaired) electrons. The van der Waals surface area contributed by atoms with Crippen molar-refractivity contribution in [3.05, 3.63) is 65.9 Å². The predicted octanol–water partition coefficient (Wildman–Crippen LogP) is 4.22. The highest BCUT2D eigenvalue weighted by molar-refractivity contribution is 5.94. The van der Waals surface area contributed by atoms with Gasteiger partial charge in [-0.1, -0.05) is 24.3 Å². The molecule has 1 fully saturated rings. The number of carbonyl (C=O) groups excluding carboxylic acids is 3. The molecule has 1 N–H and O–H groups in total. The standard InChI is InChI=1S/C27H30N4O4/c1-4-35-27(34)24-17-25(31(29-24)23-10-5-7-18(2)15-23)21-8-6-9-22(16-21)28-26(33)20-11-13-30(14-12-20)19(3)32/h5-10,15-17,20H,4,11-14H2,1-3H3,(H,28,33). The zero-order valence-corrected chi connectivity index (χ0v) is 20.3. The minimum Gasteiger partial charge on any atom is -0.461 e. The maximum atomic E-state index is 12.9. The van der Waals surface area contributed by atoms with Crippen LogP contribution >= 0.6 is 0 Å². The molecule has 0 unspecified atom stereocenters. The molecule has 4 rings (SSSR count). The van der Waals surface area contributed by atoms with Crippen molar-refractivity contribution in [2.75, 3.05) is 25.0 Å². The Hall–Kier alpha value is -3.94. The fourth-order valence-corrected chi connectivity index (χ4v) is 4.31. The van der Waals surface area contributed by atoms with E-state index >= 15 is 0 Å². The Balaban J connectivity index is 1.60. The van der Waals surface area contributed by atoms with Crippen molar-refractivity contribution in [1.29, 1.82) is 0 Å². The molecule has 35 heavy (non-hydrogen) atoms. The van der Waals surface area contributed by atoms with Crippen molar-refractivity contribution in [2.45, 2.75) is 33.6 Å². The summed E-state index contributed by atoms with van der Waals surface area (Å²) in [5.41, 5.74) is 4.29. The lowest BCUT2D eigenvalue weighted by Gasteiger charge is -2.30. The van der Waals surface area contributed by atoms with Crippen LogP contribution in [0.2, 0.25) is 0 Å². The summed E-state index contributed by atoms with van der Waals surface area (Å²) in [4.78, 5) is 38.6. The summed E-state index contributed by atoms with van der Waals surface area (Å²) in [6, 6.07) is 17.1. The minimum absolute atomic E-state index is 0.0453. The number of ether oxygens (including phenoxy) is 1. The number of piperidine rings is 1. The third-order valence-corrected chi connectivity index (χ3v) is 6.18. The number of anilines is 1. The van der Waals surface area contributed by atoms with Crippen LogP contribution in [0.15, 0.2) is 54.6 Å². The van der Waals surface area contributed by atoms with Crippen LogP contribution in [0.1, 0.15) is 42.7 Å². The van der Waals surface area contributed by atoms with Crippen LogP contribution in [-0.4, -0.2) is 52.2 Å². The first-order valence-electron chi connectivity index (χ1n) is 11.9. The Morgan fingerprint density at radius 1 is 1.06 bits per heavy atom. The van der Waals surface area contributed by atoms with Crippen LogP contribution < -0.4 is 5.32 Å². The summed E-state index contributed by atoms with van der Waals surface area (Å²) in [6.07, 6.45) is 1.29. The monoisotopic (exact) mass is 474 g/mol. The lowest BCUT2D eigenvalue weighted by molar-refractivity contribution is -0.132. The van der Waals surface area contributed by atoms with Crippen LogP contribution in [0.3, 0.4) is 0 Å². The maximum absolute atomic E-state index is 12.9. The molecule has 0 atom stereocenters. The molecule has 8 heteroatoms. The van der Waals surface area contributed by atoms with Gasteiger partial charge in [0.05, 0.1) is 18.0 Å². The third kappa shape index (κ3) is 5.59. The highest BCUT2D eigenvalue weighted by Crippen LogP contribution is 2.28. The lowest BCUT2D eigenvalue weighted by Crippen LogP contribution is -2.40. The summed E-state index contributed by atoms with van der Waals surface area (Å²) in [6.45, 7) is 6.76. The van der Waals surface area contributed by atoms with E-state index in [2.05, 4.69) is 10.4 Å². The summed E-state index contributed by atoms with van der Waals surface area (Å²) in [5, 5.41) is 7.54. The molecule has 1 aliphatic heterocycles. The van der Waals surface area contributed by atoms with Crippen molar-refractivity contribution in [1.82, 2.24) is 14.7 Å². The largest absolute Gasteiger partial charge is 0.461 e. The van der Waals surface area contributed by atoms with E-state index in [0.29, 0.717) is 37.3 Å². The van der Waals surface area contributed by atoms with E-state index < -0.39 is 5.97 Å². The van der Waals surface area contributed by atoms with Gasteiger partial charge in [0.15, 0.2) is 5.69 Å². The number of aryl methyl sites for hydroxylation is 1. The molecule has 1 aliphatic rings. The summed E-state index contributed by atoms with van der Waals surface area (Å²) < 4.78 is 6.88. The summed E-state index contributed by atoms with van der Waals surface area (Å²) in [5.74, 6) is -0.627. The number of hydrogen-bond acceptors (Lipinski definition) is 5. The topological polar surface area (TPSA) is 93.5 Å². The van der Waals surface area contributed by atoms with E-state index in [-0.39, 0.29) is 30.0 Å². The van der Waals surface area contributed by atoms with Gasteiger partial charge in [-0.3, -0.25) is 9.59 Å². The SMILES string of the molecule is CCOC(=O)c1cc(-c2cccc(NC(=O)C3CCN(C(C)=O)CC3)c2)n(-c2cccc(C)c2)n1. The number of likely N-dealkylation sites (tertiary alicyclic amines) is 1. The van der Waals surface area contributed by atoms with Gasteiger partial charge in [0.1, 0.15) is 0 Å². The van der Waals surface area contributed by atoms with Crippen molar-refractivity contribution < 1.29 is 19.1 Å². The molecular formula is C27H30N4O4. The van der Waals surface area contributed by atoms with Crippen LogP contribution in [-0.2, 0) is 14.3 Å². The van der Waals surface area contributed by atoms with E-state index in [1.807, 2.05) is 55.5 Å². The second kappa shape index (κ2) is 10.5. The molecule has 1 saturated heterocycles. The van der Waals surface area contributed by atoms with Gasteiger partial charge in [0, 0.05) is 37.2 Å². The molecule has 0 saturated carbocycles. The summed E-state index contributed by atoms with van der Waals surface area (Å²) in [7, 11) is 0. The first-order chi connectivity index (χ1) is 16.9. The highest BCUT2D eigenvalue weighted by Gasteiger charge is 2.26.